The molecule has 1 aromatic rings. The summed E-state index contributed by atoms with van der Waals surface area (Å²) in [5.41, 5.74) is 1.02. The minimum absolute atomic E-state index is 0.0924. The van der Waals surface area contributed by atoms with Crippen molar-refractivity contribution in [1.82, 2.24) is 10.6 Å². The van der Waals surface area contributed by atoms with Crippen LogP contribution in [-0.4, -0.2) is 37.7 Å². The third kappa shape index (κ3) is 7.03. The molecule has 0 aliphatic carbocycles. The fraction of sp³-hybridized carbons (Fsp3) is 0.533. The summed E-state index contributed by atoms with van der Waals surface area (Å²) in [6.45, 7) is 4.89. The first kappa shape index (κ1) is 17.9. The topological polar surface area (TPSA) is 88.8 Å². The maximum atomic E-state index is 10.6. The molecule has 0 aromatic heterocycles. The molecule has 0 aliphatic heterocycles. The molecule has 0 saturated carbocycles. The molecule has 0 unspecified atom stereocenters. The molecule has 0 atom stereocenters. The van der Waals surface area contributed by atoms with Gasteiger partial charge in [0.1, 0.15) is 0 Å². The summed E-state index contributed by atoms with van der Waals surface area (Å²) >= 11 is 0. The van der Waals surface area contributed by atoms with Crippen LogP contribution in [0.3, 0.4) is 0 Å². The molecule has 122 valence electrons. The van der Waals surface area contributed by atoms with Crippen LogP contribution in [0.4, 0.5) is 5.69 Å². The van der Waals surface area contributed by atoms with Gasteiger partial charge in [0, 0.05) is 38.9 Å². The van der Waals surface area contributed by atoms with Gasteiger partial charge in [-0.25, -0.2) is 4.99 Å². The quantitative estimate of drug-likeness (QED) is 0.240. The summed E-state index contributed by atoms with van der Waals surface area (Å²) in [7, 11) is 1.68. The van der Waals surface area contributed by atoms with Gasteiger partial charge in [-0.15, -0.1) is 0 Å². The van der Waals surface area contributed by atoms with Gasteiger partial charge in [-0.05, 0) is 18.4 Å². The van der Waals surface area contributed by atoms with E-state index in [1.54, 1.807) is 19.2 Å². The maximum absolute atomic E-state index is 10.6. The molecule has 1 aromatic carbocycles. The molecule has 0 amide bonds. The number of non-ortho nitro benzene ring substituents is 1. The number of guanidine groups is 1. The normalized spacial score (nSPS) is 11.3. The number of methoxy groups -OCH3 is 1. The summed E-state index contributed by atoms with van der Waals surface area (Å²) in [6.07, 6.45) is 1.91. The molecular formula is C15H24N4O3. The molecule has 22 heavy (non-hydrogen) atoms. The van der Waals surface area contributed by atoms with Gasteiger partial charge >= 0.3 is 0 Å². The van der Waals surface area contributed by atoms with E-state index < -0.39 is 4.92 Å². The monoisotopic (exact) mass is 308 g/mol. The molecule has 0 spiro atoms. The zero-order valence-electron chi connectivity index (χ0n) is 13.2. The van der Waals surface area contributed by atoms with Gasteiger partial charge in [0.15, 0.2) is 5.96 Å². The van der Waals surface area contributed by atoms with Gasteiger partial charge in [0.25, 0.3) is 5.69 Å². The van der Waals surface area contributed by atoms with Crippen molar-refractivity contribution in [2.45, 2.75) is 26.3 Å². The molecular weight excluding hydrogens is 284 g/mol. The van der Waals surface area contributed by atoms with Crippen LogP contribution >= 0.6 is 0 Å². The van der Waals surface area contributed by atoms with Gasteiger partial charge in [0.2, 0.25) is 0 Å². The van der Waals surface area contributed by atoms with E-state index in [1.165, 1.54) is 12.1 Å². The first-order chi connectivity index (χ1) is 10.7. The molecule has 0 radical (unpaired) electrons. The highest BCUT2D eigenvalue weighted by atomic mass is 16.6. The highest BCUT2D eigenvalue weighted by molar-refractivity contribution is 5.79. The Labute approximate surface area is 130 Å². The SMILES string of the molecule is CCCNC(=NCc1ccc([N+](=O)[O-])cc1)NCCCOC. The maximum Gasteiger partial charge on any atom is 0.269 e. The van der Waals surface area contributed by atoms with Crippen LogP contribution in [0.1, 0.15) is 25.3 Å². The third-order valence-electron chi connectivity index (χ3n) is 2.93. The number of rotatable bonds is 9. The van der Waals surface area contributed by atoms with Gasteiger partial charge in [-0.1, -0.05) is 19.1 Å². The third-order valence-corrected chi connectivity index (χ3v) is 2.93. The molecule has 0 fully saturated rings. The van der Waals surface area contributed by atoms with Crippen molar-refractivity contribution in [1.29, 1.82) is 0 Å². The highest BCUT2D eigenvalue weighted by Gasteiger charge is 2.04. The van der Waals surface area contributed by atoms with Crippen molar-refractivity contribution in [3.05, 3.63) is 39.9 Å². The van der Waals surface area contributed by atoms with Crippen molar-refractivity contribution in [3.8, 4) is 0 Å². The van der Waals surface area contributed by atoms with Crippen LogP contribution in [0.2, 0.25) is 0 Å². The van der Waals surface area contributed by atoms with Crippen molar-refractivity contribution >= 4 is 11.6 Å². The van der Waals surface area contributed by atoms with Gasteiger partial charge in [0.05, 0.1) is 11.5 Å². The van der Waals surface area contributed by atoms with Gasteiger partial charge < -0.3 is 15.4 Å². The minimum Gasteiger partial charge on any atom is -0.385 e. The summed E-state index contributed by atoms with van der Waals surface area (Å²) in [5, 5.41) is 17.1. The lowest BCUT2D eigenvalue weighted by molar-refractivity contribution is -0.384. The Morgan fingerprint density at radius 3 is 2.55 bits per heavy atom. The number of benzene rings is 1. The largest absolute Gasteiger partial charge is 0.385 e. The second-order valence-electron chi connectivity index (χ2n) is 4.79. The summed E-state index contributed by atoms with van der Waals surface area (Å²) in [6, 6.07) is 6.44. The van der Waals surface area contributed by atoms with E-state index in [0.29, 0.717) is 13.2 Å². The summed E-state index contributed by atoms with van der Waals surface area (Å²) in [5.74, 6) is 0.747. The molecule has 7 heteroatoms. The van der Waals surface area contributed by atoms with E-state index in [4.69, 9.17) is 4.74 Å². The number of hydrogen-bond donors (Lipinski definition) is 2. The Morgan fingerprint density at radius 2 is 1.95 bits per heavy atom. The number of nitrogens with one attached hydrogen (secondary N) is 2. The van der Waals surface area contributed by atoms with Gasteiger partial charge in [-0.3, -0.25) is 10.1 Å². The number of ether oxygens (including phenoxy) is 1. The van der Waals surface area contributed by atoms with E-state index in [-0.39, 0.29) is 5.69 Å². The van der Waals surface area contributed by atoms with Crippen LogP contribution in [0.25, 0.3) is 0 Å². The van der Waals surface area contributed by atoms with Crippen LogP contribution in [0.5, 0.6) is 0 Å². The number of aliphatic imine (C=N–C) groups is 1. The zero-order valence-corrected chi connectivity index (χ0v) is 13.2. The van der Waals surface area contributed by atoms with E-state index >= 15 is 0 Å². The van der Waals surface area contributed by atoms with Crippen LogP contribution < -0.4 is 10.6 Å². The first-order valence-corrected chi connectivity index (χ1v) is 7.41. The van der Waals surface area contributed by atoms with E-state index in [2.05, 4.69) is 22.5 Å². The Hall–Kier alpha value is -2.15. The van der Waals surface area contributed by atoms with Gasteiger partial charge in [-0.2, -0.15) is 0 Å². The van der Waals surface area contributed by atoms with E-state index in [0.717, 1.165) is 37.5 Å². The summed E-state index contributed by atoms with van der Waals surface area (Å²) in [4.78, 5) is 14.7. The molecule has 2 N–H and O–H groups in total. The number of nitro groups is 1. The Balaban J connectivity index is 2.56. The van der Waals surface area contributed by atoms with Crippen LogP contribution in [-0.2, 0) is 11.3 Å². The second kappa shape index (κ2) is 10.6. The highest BCUT2D eigenvalue weighted by Crippen LogP contribution is 2.12. The van der Waals surface area contributed by atoms with E-state index in [9.17, 15) is 10.1 Å². The lowest BCUT2D eigenvalue weighted by atomic mass is 10.2. The van der Waals surface area contributed by atoms with Crippen molar-refractivity contribution < 1.29 is 9.66 Å². The molecule has 0 bridgehead atoms. The van der Waals surface area contributed by atoms with Crippen molar-refractivity contribution in [2.75, 3.05) is 26.8 Å². The Morgan fingerprint density at radius 1 is 1.27 bits per heavy atom. The lowest BCUT2D eigenvalue weighted by Crippen LogP contribution is -2.38. The smallest absolute Gasteiger partial charge is 0.269 e. The van der Waals surface area contributed by atoms with Crippen LogP contribution in [0.15, 0.2) is 29.3 Å². The minimum atomic E-state index is -0.404. The van der Waals surface area contributed by atoms with Crippen molar-refractivity contribution in [2.24, 2.45) is 4.99 Å². The first-order valence-electron chi connectivity index (χ1n) is 7.41. The van der Waals surface area contributed by atoms with Crippen molar-refractivity contribution in [3.63, 3.8) is 0 Å². The fourth-order valence-electron chi connectivity index (χ4n) is 1.73. The molecule has 1 rings (SSSR count). The molecule has 7 nitrogen and oxygen atoms in total. The average Bonchev–Trinajstić information content (AvgIpc) is 2.53. The summed E-state index contributed by atoms with van der Waals surface area (Å²) < 4.78 is 5.01. The average molecular weight is 308 g/mol. The van der Waals surface area contributed by atoms with E-state index in [1.807, 2.05) is 0 Å². The molecule has 0 saturated heterocycles. The number of nitrogens with zero attached hydrogens (tertiary/aromatic N) is 2. The molecule has 0 aliphatic rings. The Kier molecular flexibility index (Phi) is 8.59. The number of hydrogen-bond acceptors (Lipinski definition) is 4. The zero-order chi connectivity index (χ0) is 16.2. The molecule has 0 heterocycles. The number of nitro benzene ring substituents is 1. The van der Waals surface area contributed by atoms with Crippen LogP contribution in [0, 0.1) is 10.1 Å². The fourth-order valence-corrected chi connectivity index (χ4v) is 1.73. The predicted octanol–water partition coefficient (Wildman–Crippen LogP) is 2.08. The predicted molar refractivity (Wildman–Crippen MR) is 87.0 cm³/mol. The standard InChI is InChI=1S/C15H24N4O3/c1-3-9-16-15(17-10-4-11-22-2)18-12-13-5-7-14(8-6-13)19(20)21/h5-8H,3-4,9-12H2,1-2H3,(H2,16,17,18). The second-order valence-corrected chi connectivity index (χ2v) is 4.79. The lowest BCUT2D eigenvalue weighted by Gasteiger charge is -2.11. The Bertz CT molecular complexity index is 474.